The van der Waals surface area contributed by atoms with Gasteiger partial charge in [-0.2, -0.15) is 5.26 Å². The number of nitriles is 1. The van der Waals surface area contributed by atoms with Crippen molar-refractivity contribution in [2.75, 3.05) is 4.72 Å². The molecule has 0 aliphatic heterocycles. The number of nitrogens with one attached hydrogen (secondary N) is 1. The van der Waals surface area contributed by atoms with E-state index < -0.39 is 0 Å². The van der Waals surface area contributed by atoms with Gasteiger partial charge in [0.05, 0.1) is 11.6 Å². The van der Waals surface area contributed by atoms with Gasteiger partial charge in [0.1, 0.15) is 12.2 Å². The lowest BCUT2D eigenvalue weighted by Gasteiger charge is -2.05. The van der Waals surface area contributed by atoms with E-state index in [1.807, 2.05) is 23.7 Å². The first-order valence-corrected chi connectivity index (χ1v) is 9.15. The lowest BCUT2D eigenvalue weighted by molar-refractivity contribution is 0.939. The van der Waals surface area contributed by atoms with Crippen LogP contribution in [-0.4, -0.2) is 19.5 Å². The highest BCUT2D eigenvalue weighted by molar-refractivity contribution is 8.00. The normalized spacial score (nSPS) is 10.7. The Labute approximate surface area is 161 Å². The number of benzene rings is 2. The topological polar surface area (TPSA) is 79.4 Å². The van der Waals surface area contributed by atoms with Gasteiger partial charge < -0.3 is 9.29 Å². The molecule has 2 heterocycles. The highest BCUT2D eigenvalue weighted by Crippen LogP contribution is 2.28. The minimum atomic E-state index is 0.620. The van der Waals surface area contributed by atoms with Crippen LogP contribution < -0.4 is 4.72 Å². The number of anilines is 1. The van der Waals surface area contributed by atoms with Crippen molar-refractivity contribution in [1.29, 1.82) is 5.26 Å². The molecule has 1 N–H and O–H groups in total. The Kier molecular flexibility index (Phi) is 4.48. The van der Waals surface area contributed by atoms with Crippen molar-refractivity contribution in [1.82, 2.24) is 19.5 Å². The fourth-order valence-corrected chi connectivity index (χ4v) is 3.38. The minimum absolute atomic E-state index is 0.620. The summed E-state index contributed by atoms with van der Waals surface area (Å²) in [5.74, 6) is 1.44. The van der Waals surface area contributed by atoms with Gasteiger partial charge in [-0.15, -0.1) is 0 Å². The van der Waals surface area contributed by atoms with Crippen LogP contribution in [0.5, 0.6) is 0 Å². The molecule has 132 valence electrons. The number of aromatic nitrogens is 4. The van der Waals surface area contributed by atoms with Crippen LogP contribution in [-0.2, 0) is 7.05 Å². The zero-order valence-corrected chi connectivity index (χ0v) is 15.7. The molecule has 4 rings (SSSR count). The Bertz CT molecular complexity index is 1140. The van der Waals surface area contributed by atoms with Gasteiger partial charge in [0, 0.05) is 17.5 Å². The first-order chi connectivity index (χ1) is 13.2. The molecule has 0 saturated carbocycles. The fraction of sp³-hybridized carbons (Fsp3) is 0.100. The molecule has 27 heavy (non-hydrogen) atoms. The molecule has 0 amide bonds. The van der Waals surface area contributed by atoms with Crippen molar-refractivity contribution in [2.45, 2.75) is 11.8 Å². The largest absolute Gasteiger partial charge is 0.312 e. The summed E-state index contributed by atoms with van der Waals surface area (Å²) in [4.78, 5) is 14.6. The maximum absolute atomic E-state index is 8.97. The maximum atomic E-state index is 8.97. The van der Waals surface area contributed by atoms with E-state index in [1.165, 1.54) is 23.8 Å². The third kappa shape index (κ3) is 3.35. The summed E-state index contributed by atoms with van der Waals surface area (Å²) < 4.78 is 5.21. The highest BCUT2D eigenvalue weighted by Gasteiger charge is 2.15. The number of fused-ring (bicyclic) bond motifs is 1. The van der Waals surface area contributed by atoms with E-state index in [0.717, 1.165) is 21.9 Å². The zero-order valence-electron chi connectivity index (χ0n) is 14.8. The second kappa shape index (κ2) is 7.09. The first kappa shape index (κ1) is 17.1. The van der Waals surface area contributed by atoms with Gasteiger partial charge >= 0.3 is 0 Å². The van der Waals surface area contributed by atoms with E-state index in [0.29, 0.717) is 16.9 Å². The van der Waals surface area contributed by atoms with Gasteiger partial charge in [-0.25, -0.2) is 15.0 Å². The van der Waals surface area contributed by atoms with E-state index in [2.05, 4.69) is 51.9 Å². The summed E-state index contributed by atoms with van der Waals surface area (Å²) in [5, 5.41) is 8.97. The maximum Gasteiger partial charge on any atom is 0.167 e. The molecule has 0 radical (unpaired) electrons. The molecule has 2 aromatic carbocycles. The van der Waals surface area contributed by atoms with E-state index in [9.17, 15) is 0 Å². The number of hydrogen-bond acceptors (Lipinski definition) is 6. The van der Waals surface area contributed by atoms with Crippen LogP contribution in [0.4, 0.5) is 5.82 Å². The summed E-state index contributed by atoms with van der Waals surface area (Å²) in [7, 11) is 1.92. The van der Waals surface area contributed by atoms with Crippen LogP contribution in [0.15, 0.2) is 59.8 Å². The molecule has 0 aliphatic rings. The average molecular weight is 372 g/mol. The number of rotatable bonds is 4. The second-order valence-electron chi connectivity index (χ2n) is 6.10. The molecule has 0 atom stereocenters. The van der Waals surface area contributed by atoms with Gasteiger partial charge in [-0.3, -0.25) is 0 Å². The van der Waals surface area contributed by atoms with Crippen LogP contribution in [0.1, 0.15) is 11.1 Å². The lowest BCUT2D eigenvalue weighted by atomic mass is 10.1. The van der Waals surface area contributed by atoms with E-state index in [-0.39, 0.29) is 0 Å². The monoisotopic (exact) mass is 372 g/mol. The van der Waals surface area contributed by atoms with Gasteiger partial charge in [-0.05, 0) is 55.3 Å². The molecule has 4 aromatic rings. The summed E-state index contributed by atoms with van der Waals surface area (Å²) >= 11 is 1.49. The number of aryl methyl sites for hydroxylation is 2. The average Bonchev–Trinajstić information content (AvgIpc) is 3.05. The van der Waals surface area contributed by atoms with Crippen LogP contribution in [0.2, 0.25) is 0 Å². The van der Waals surface area contributed by atoms with Gasteiger partial charge in [0.25, 0.3) is 0 Å². The quantitative estimate of drug-likeness (QED) is 0.537. The van der Waals surface area contributed by atoms with Crippen molar-refractivity contribution in [3.05, 3.63) is 66.0 Å². The molecule has 0 saturated heterocycles. The zero-order chi connectivity index (χ0) is 18.8. The van der Waals surface area contributed by atoms with Crippen LogP contribution in [0, 0.1) is 18.3 Å². The molecule has 6 nitrogen and oxygen atoms in total. The third-order valence-electron chi connectivity index (χ3n) is 4.21. The fourth-order valence-electron chi connectivity index (χ4n) is 2.74. The Hall–Kier alpha value is -3.37. The molecule has 0 aliphatic carbocycles. The van der Waals surface area contributed by atoms with Crippen molar-refractivity contribution < 1.29 is 0 Å². The minimum Gasteiger partial charge on any atom is -0.312 e. The van der Waals surface area contributed by atoms with Crippen molar-refractivity contribution in [3.63, 3.8) is 0 Å². The molecule has 0 bridgehead atoms. The predicted molar refractivity (Wildman–Crippen MR) is 107 cm³/mol. The van der Waals surface area contributed by atoms with Crippen molar-refractivity contribution in [2.24, 2.45) is 7.05 Å². The SMILES string of the molecule is Cc1ccc(SNc2ncnc3c2nc(-c2ccc(C#N)cc2)n3C)cc1. The van der Waals surface area contributed by atoms with Crippen LogP contribution >= 0.6 is 11.9 Å². The standard InChI is InChI=1S/C20H16N6S/c1-13-3-9-16(10-4-13)27-25-18-17-20(23-12-22-18)26(2)19(24-17)15-7-5-14(11-21)6-8-15/h3-10,12H,1-2H3,(H,22,23,25). The Balaban J connectivity index is 1.68. The molecule has 0 spiro atoms. The molecular weight excluding hydrogens is 356 g/mol. The summed E-state index contributed by atoms with van der Waals surface area (Å²) in [6, 6.07) is 17.7. The van der Waals surface area contributed by atoms with Gasteiger partial charge in [0.2, 0.25) is 0 Å². The Morgan fingerprint density at radius 1 is 1.04 bits per heavy atom. The summed E-state index contributed by atoms with van der Waals surface area (Å²) in [6.45, 7) is 2.06. The van der Waals surface area contributed by atoms with Crippen molar-refractivity contribution >= 4 is 28.9 Å². The number of imidazole rings is 1. The van der Waals surface area contributed by atoms with Crippen LogP contribution in [0.25, 0.3) is 22.6 Å². The van der Waals surface area contributed by atoms with E-state index >= 15 is 0 Å². The summed E-state index contributed by atoms with van der Waals surface area (Å²) in [6.07, 6.45) is 1.53. The lowest BCUT2D eigenvalue weighted by Crippen LogP contribution is -1.96. The van der Waals surface area contributed by atoms with E-state index in [1.54, 1.807) is 12.1 Å². The second-order valence-corrected chi connectivity index (χ2v) is 6.97. The van der Waals surface area contributed by atoms with Gasteiger partial charge in [0.15, 0.2) is 17.0 Å². The van der Waals surface area contributed by atoms with E-state index in [4.69, 9.17) is 10.2 Å². The smallest absolute Gasteiger partial charge is 0.167 e. The Morgan fingerprint density at radius 3 is 2.48 bits per heavy atom. The van der Waals surface area contributed by atoms with Crippen molar-refractivity contribution in [3.8, 4) is 17.5 Å². The Morgan fingerprint density at radius 2 is 1.78 bits per heavy atom. The predicted octanol–water partition coefficient (Wildman–Crippen LogP) is 4.33. The number of nitrogens with zero attached hydrogens (tertiary/aromatic N) is 5. The molecule has 0 fully saturated rings. The molecular formula is C20H16N6S. The molecule has 0 unspecified atom stereocenters. The summed E-state index contributed by atoms with van der Waals surface area (Å²) in [5.41, 5.74) is 4.22. The van der Waals surface area contributed by atoms with Gasteiger partial charge in [-0.1, -0.05) is 17.7 Å². The van der Waals surface area contributed by atoms with Crippen LogP contribution in [0.3, 0.4) is 0 Å². The first-order valence-electron chi connectivity index (χ1n) is 8.33. The third-order valence-corrected chi connectivity index (χ3v) is 5.02. The molecule has 7 heteroatoms. The number of hydrogen-bond donors (Lipinski definition) is 1. The highest BCUT2D eigenvalue weighted by atomic mass is 32.2. The molecule has 2 aromatic heterocycles.